The van der Waals surface area contributed by atoms with Crippen LogP contribution in [0.5, 0.6) is 0 Å². The lowest BCUT2D eigenvalue weighted by atomic mass is 9.92. The predicted molar refractivity (Wildman–Crippen MR) is 66.2 cm³/mol. The summed E-state index contributed by atoms with van der Waals surface area (Å²) in [5.74, 6) is 0.276. The quantitative estimate of drug-likeness (QED) is 0.855. The zero-order valence-electron chi connectivity index (χ0n) is 9.72. The fourth-order valence-electron chi connectivity index (χ4n) is 2.14. The number of nitrogens with zero attached hydrogens (tertiary/aromatic N) is 2. The number of aromatic nitrogens is 2. The van der Waals surface area contributed by atoms with Crippen molar-refractivity contribution in [2.24, 2.45) is 5.73 Å². The van der Waals surface area contributed by atoms with E-state index in [1.54, 1.807) is 6.20 Å². The van der Waals surface area contributed by atoms with Gasteiger partial charge in [-0.05, 0) is 13.3 Å². The number of nitrogens with two attached hydrogens (primary N) is 1. The summed E-state index contributed by atoms with van der Waals surface area (Å²) in [6.07, 6.45) is 2.78. The van der Waals surface area contributed by atoms with Crippen molar-refractivity contribution in [1.29, 1.82) is 0 Å². The highest BCUT2D eigenvalue weighted by molar-refractivity contribution is 5.83. The van der Waals surface area contributed by atoms with Crippen LogP contribution in [0.4, 0.5) is 0 Å². The molecular weight excluding hydrogens is 198 g/mol. The summed E-state index contributed by atoms with van der Waals surface area (Å²) in [4.78, 5) is 0. The average Bonchev–Trinajstić information content (AvgIpc) is 2.30. The molecule has 3 heteroatoms. The molecule has 0 fully saturated rings. The molecule has 0 aliphatic carbocycles. The highest BCUT2D eigenvalue weighted by atomic mass is 15.1. The summed E-state index contributed by atoms with van der Waals surface area (Å²) in [6.45, 7) is 4.16. The second-order valence-corrected chi connectivity index (χ2v) is 4.19. The van der Waals surface area contributed by atoms with E-state index in [0.717, 1.165) is 17.5 Å². The first-order chi connectivity index (χ1) is 7.74. The van der Waals surface area contributed by atoms with Crippen LogP contribution >= 0.6 is 0 Å². The molecule has 0 saturated heterocycles. The Hall–Kier alpha value is -1.48. The molecule has 2 aromatic rings. The third kappa shape index (κ3) is 1.91. The fourth-order valence-corrected chi connectivity index (χ4v) is 2.14. The topological polar surface area (TPSA) is 51.8 Å². The number of rotatable bonds is 3. The molecule has 0 bridgehead atoms. The first kappa shape index (κ1) is 11.0. The van der Waals surface area contributed by atoms with Crippen LogP contribution in [-0.4, -0.2) is 16.2 Å². The van der Waals surface area contributed by atoms with Gasteiger partial charge in [-0.3, -0.25) is 0 Å². The zero-order chi connectivity index (χ0) is 11.5. The molecule has 2 atom stereocenters. The van der Waals surface area contributed by atoms with E-state index >= 15 is 0 Å². The van der Waals surface area contributed by atoms with Gasteiger partial charge in [0.05, 0.1) is 11.9 Å². The van der Waals surface area contributed by atoms with Crippen LogP contribution in [0.15, 0.2) is 30.5 Å². The Balaban J connectivity index is 2.59. The van der Waals surface area contributed by atoms with Crippen LogP contribution in [-0.2, 0) is 0 Å². The van der Waals surface area contributed by atoms with Crippen LogP contribution in [0.1, 0.15) is 31.9 Å². The van der Waals surface area contributed by atoms with Crippen molar-refractivity contribution in [3.8, 4) is 0 Å². The second kappa shape index (κ2) is 4.58. The molecule has 16 heavy (non-hydrogen) atoms. The minimum Gasteiger partial charge on any atom is -0.327 e. The largest absolute Gasteiger partial charge is 0.327 e. The summed E-state index contributed by atoms with van der Waals surface area (Å²) in [7, 11) is 0. The molecule has 0 spiro atoms. The molecule has 1 aromatic carbocycles. The molecular formula is C13H17N3. The monoisotopic (exact) mass is 215 g/mol. The average molecular weight is 215 g/mol. The van der Waals surface area contributed by atoms with E-state index in [-0.39, 0.29) is 12.0 Å². The van der Waals surface area contributed by atoms with Gasteiger partial charge >= 0.3 is 0 Å². The first-order valence-electron chi connectivity index (χ1n) is 5.70. The molecule has 1 heterocycles. The van der Waals surface area contributed by atoms with Gasteiger partial charge in [0.2, 0.25) is 0 Å². The molecule has 0 amide bonds. The number of fused-ring (bicyclic) bond motifs is 1. The normalized spacial score (nSPS) is 14.9. The smallest absolute Gasteiger partial charge is 0.0755 e. The number of benzene rings is 1. The van der Waals surface area contributed by atoms with Crippen LogP contribution in [0.25, 0.3) is 10.8 Å². The molecule has 1 aromatic heterocycles. The van der Waals surface area contributed by atoms with Gasteiger partial charge < -0.3 is 5.73 Å². The summed E-state index contributed by atoms with van der Waals surface area (Å²) >= 11 is 0. The van der Waals surface area contributed by atoms with E-state index in [1.807, 2.05) is 19.1 Å². The summed E-state index contributed by atoms with van der Waals surface area (Å²) in [6, 6.07) is 8.29. The maximum atomic E-state index is 6.00. The van der Waals surface area contributed by atoms with Gasteiger partial charge in [-0.1, -0.05) is 31.2 Å². The van der Waals surface area contributed by atoms with Gasteiger partial charge in [0.15, 0.2) is 0 Å². The van der Waals surface area contributed by atoms with Crippen molar-refractivity contribution in [3.05, 3.63) is 36.2 Å². The van der Waals surface area contributed by atoms with Gasteiger partial charge in [0.25, 0.3) is 0 Å². The minimum atomic E-state index is 0.102. The van der Waals surface area contributed by atoms with Gasteiger partial charge in [-0.2, -0.15) is 10.2 Å². The van der Waals surface area contributed by atoms with Gasteiger partial charge in [0.1, 0.15) is 0 Å². The molecule has 2 unspecified atom stereocenters. The van der Waals surface area contributed by atoms with Crippen molar-refractivity contribution < 1.29 is 0 Å². The minimum absolute atomic E-state index is 0.102. The van der Waals surface area contributed by atoms with Crippen molar-refractivity contribution in [1.82, 2.24) is 10.2 Å². The molecule has 3 nitrogen and oxygen atoms in total. The summed E-state index contributed by atoms with van der Waals surface area (Å²) in [5, 5.41) is 10.6. The molecule has 0 aliphatic heterocycles. The molecule has 2 N–H and O–H groups in total. The Labute approximate surface area is 95.7 Å². The van der Waals surface area contributed by atoms with Crippen molar-refractivity contribution in [2.75, 3.05) is 0 Å². The molecule has 0 radical (unpaired) electrons. The van der Waals surface area contributed by atoms with E-state index in [4.69, 9.17) is 5.73 Å². The Morgan fingerprint density at radius 1 is 1.31 bits per heavy atom. The third-order valence-electron chi connectivity index (χ3n) is 3.02. The third-order valence-corrected chi connectivity index (χ3v) is 3.02. The summed E-state index contributed by atoms with van der Waals surface area (Å²) < 4.78 is 0. The highest BCUT2D eigenvalue weighted by Gasteiger charge is 2.18. The van der Waals surface area contributed by atoms with Gasteiger partial charge in [-0.15, -0.1) is 0 Å². The van der Waals surface area contributed by atoms with E-state index < -0.39 is 0 Å². The number of hydrogen-bond acceptors (Lipinski definition) is 3. The van der Waals surface area contributed by atoms with Crippen LogP contribution in [0.3, 0.4) is 0 Å². The first-order valence-corrected chi connectivity index (χ1v) is 5.70. The Morgan fingerprint density at radius 3 is 2.75 bits per heavy atom. The van der Waals surface area contributed by atoms with Crippen molar-refractivity contribution >= 4 is 10.8 Å². The maximum Gasteiger partial charge on any atom is 0.0755 e. The predicted octanol–water partition coefficient (Wildman–Crippen LogP) is 2.47. The number of hydrogen-bond donors (Lipinski definition) is 1. The molecule has 0 saturated carbocycles. The van der Waals surface area contributed by atoms with Crippen molar-refractivity contribution in [2.45, 2.75) is 32.2 Å². The van der Waals surface area contributed by atoms with E-state index in [9.17, 15) is 0 Å². The molecule has 2 rings (SSSR count). The van der Waals surface area contributed by atoms with E-state index in [2.05, 4.69) is 29.3 Å². The van der Waals surface area contributed by atoms with E-state index in [1.165, 1.54) is 5.39 Å². The highest BCUT2D eigenvalue weighted by Crippen LogP contribution is 2.26. The maximum absolute atomic E-state index is 6.00. The summed E-state index contributed by atoms with van der Waals surface area (Å²) in [5.41, 5.74) is 7.03. The molecule has 84 valence electrons. The van der Waals surface area contributed by atoms with Crippen LogP contribution in [0, 0.1) is 0 Å². The Morgan fingerprint density at radius 2 is 2.06 bits per heavy atom. The van der Waals surface area contributed by atoms with Crippen LogP contribution < -0.4 is 5.73 Å². The lowest BCUT2D eigenvalue weighted by Gasteiger charge is -2.19. The second-order valence-electron chi connectivity index (χ2n) is 4.19. The lowest BCUT2D eigenvalue weighted by molar-refractivity contribution is 0.538. The fraction of sp³-hybridized carbons (Fsp3) is 0.385. The zero-order valence-corrected chi connectivity index (χ0v) is 9.72. The van der Waals surface area contributed by atoms with Crippen LogP contribution in [0.2, 0.25) is 0 Å². The van der Waals surface area contributed by atoms with E-state index in [0.29, 0.717) is 0 Å². The van der Waals surface area contributed by atoms with Gasteiger partial charge in [0, 0.05) is 22.7 Å². The van der Waals surface area contributed by atoms with Gasteiger partial charge in [-0.25, -0.2) is 0 Å². The Kier molecular flexibility index (Phi) is 3.15. The Bertz CT molecular complexity index is 474. The SMILES string of the molecule is CCC(c1nncc2ccccc12)C(C)N. The molecule has 0 aliphatic rings. The van der Waals surface area contributed by atoms with Crippen molar-refractivity contribution in [3.63, 3.8) is 0 Å². The lowest BCUT2D eigenvalue weighted by Crippen LogP contribution is -2.25. The standard InChI is InChI=1S/C13H17N3/c1-3-11(9(2)14)13-12-7-5-4-6-10(12)8-15-16-13/h4-9,11H,3,14H2,1-2H3.